The molecule has 0 aliphatic heterocycles. The summed E-state index contributed by atoms with van der Waals surface area (Å²) < 4.78 is 10.8. The fraction of sp³-hybridized carbons (Fsp3) is 0.611. The second-order valence-corrected chi connectivity index (χ2v) is 6.13. The number of anilines is 1. The van der Waals surface area contributed by atoms with Crippen molar-refractivity contribution < 1.29 is 14.3 Å². The summed E-state index contributed by atoms with van der Waals surface area (Å²) in [6.07, 6.45) is 6.98. The van der Waals surface area contributed by atoms with Crippen molar-refractivity contribution in [3.8, 4) is 11.5 Å². The van der Waals surface area contributed by atoms with Crippen LogP contribution in [-0.4, -0.2) is 25.7 Å². The summed E-state index contributed by atoms with van der Waals surface area (Å²) in [5.74, 6) is 1.72. The van der Waals surface area contributed by atoms with Crippen LogP contribution in [0.2, 0.25) is 0 Å². The monoisotopic (exact) mass is 320 g/mol. The lowest BCUT2D eigenvalue weighted by Gasteiger charge is -2.24. The van der Waals surface area contributed by atoms with Gasteiger partial charge in [-0.3, -0.25) is 4.79 Å². The SMILES string of the molecule is CCOc1cc(NC(=O)C(N)CC2CCCCC2)ccc1OC. The van der Waals surface area contributed by atoms with Crippen molar-refractivity contribution in [3.05, 3.63) is 18.2 Å². The molecule has 1 aromatic carbocycles. The summed E-state index contributed by atoms with van der Waals surface area (Å²) in [4.78, 5) is 12.3. The Morgan fingerprint density at radius 2 is 2.04 bits per heavy atom. The molecule has 0 saturated heterocycles. The fourth-order valence-corrected chi connectivity index (χ4v) is 3.15. The molecule has 2 rings (SSSR count). The van der Waals surface area contributed by atoms with E-state index in [0.717, 1.165) is 6.42 Å². The zero-order valence-electron chi connectivity index (χ0n) is 14.1. The topological polar surface area (TPSA) is 73.6 Å². The van der Waals surface area contributed by atoms with Crippen LogP contribution in [0.4, 0.5) is 5.69 Å². The van der Waals surface area contributed by atoms with Gasteiger partial charge in [-0.15, -0.1) is 0 Å². The standard InChI is InChI=1S/C18H28N2O3/c1-3-23-17-12-14(9-10-16(17)22-2)20-18(21)15(19)11-13-7-5-4-6-8-13/h9-10,12-13,15H,3-8,11,19H2,1-2H3,(H,20,21). The van der Waals surface area contributed by atoms with E-state index in [1.807, 2.05) is 6.92 Å². The quantitative estimate of drug-likeness (QED) is 0.808. The molecule has 1 aromatic rings. The van der Waals surface area contributed by atoms with Crippen LogP contribution < -0.4 is 20.5 Å². The molecular weight excluding hydrogens is 292 g/mol. The van der Waals surface area contributed by atoms with Gasteiger partial charge in [-0.2, -0.15) is 0 Å². The van der Waals surface area contributed by atoms with Gasteiger partial charge in [0.25, 0.3) is 0 Å². The molecule has 128 valence electrons. The third-order valence-electron chi connectivity index (χ3n) is 4.38. The van der Waals surface area contributed by atoms with Gasteiger partial charge in [0.1, 0.15) is 0 Å². The van der Waals surface area contributed by atoms with Crippen molar-refractivity contribution in [2.24, 2.45) is 11.7 Å². The summed E-state index contributed by atoms with van der Waals surface area (Å²) in [6.45, 7) is 2.44. The molecule has 5 nitrogen and oxygen atoms in total. The highest BCUT2D eigenvalue weighted by molar-refractivity contribution is 5.94. The first-order valence-corrected chi connectivity index (χ1v) is 8.51. The largest absolute Gasteiger partial charge is 0.493 e. The Kier molecular flexibility index (Phi) is 6.71. The van der Waals surface area contributed by atoms with E-state index in [1.54, 1.807) is 25.3 Å². The Hall–Kier alpha value is -1.75. The van der Waals surface area contributed by atoms with Gasteiger partial charge in [0.15, 0.2) is 11.5 Å². The summed E-state index contributed by atoms with van der Waals surface area (Å²) >= 11 is 0. The van der Waals surface area contributed by atoms with Crippen LogP contribution in [0.3, 0.4) is 0 Å². The van der Waals surface area contributed by atoms with Crippen LogP contribution in [0.5, 0.6) is 11.5 Å². The molecule has 3 N–H and O–H groups in total. The number of hydrogen-bond acceptors (Lipinski definition) is 4. The van der Waals surface area contributed by atoms with Crippen LogP contribution in [-0.2, 0) is 4.79 Å². The average molecular weight is 320 g/mol. The first-order chi connectivity index (χ1) is 11.1. The van der Waals surface area contributed by atoms with E-state index >= 15 is 0 Å². The minimum Gasteiger partial charge on any atom is -0.493 e. The maximum Gasteiger partial charge on any atom is 0.241 e. The number of nitrogens with two attached hydrogens (primary N) is 1. The Morgan fingerprint density at radius 3 is 2.70 bits per heavy atom. The van der Waals surface area contributed by atoms with Crippen molar-refractivity contribution in [1.29, 1.82) is 0 Å². The second kappa shape index (κ2) is 8.77. The zero-order valence-corrected chi connectivity index (χ0v) is 14.1. The Labute approximate surface area is 138 Å². The number of rotatable bonds is 7. The van der Waals surface area contributed by atoms with Crippen molar-refractivity contribution in [3.63, 3.8) is 0 Å². The smallest absolute Gasteiger partial charge is 0.241 e. The van der Waals surface area contributed by atoms with Gasteiger partial charge in [0.2, 0.25) is 5.91 Å². The molecule has 1 aliphatic rings. The zero-order chi connectivity index (χ0) is 16.7. The number of carbonyl (C=O) groups is 1. The lowest BCUT2D eigenvalue weighted by atomic mass is 9.85. The van der Waals surface area contributed by atoms with Gasteiger partial charge in [0, 0.05) is 11.8 Å². The highest BCUT2D eigenvalue weighted by atomic mass is 16.5. The van der Waals surface area contributed by atoms with Crippen molar-refractivity contribution in [2.45, 2.75) is 51.5 Å². The van der Waals surface area contributed by atoms with Crippen molar-refractivity contribution >= 4 is 11.6 Å². The lowest BCUT2D eigenvalue weighted by Crippen LogP contribution is -2.37. The van der Waals surface area contributed by atoms with E-state index in [-0.39, 0.29) is 5.91 Å². The summed E-state index contributed by atoms with van der Waals surface area (Å²) in [6, 6.07) is 4.89. The molecule has 1 aliphatic carbocycles. The van der Waals surface area contributed by atoms with Crippen LogP contribution in [0.1, 0.15) is 45.4 Å². The molecule has 1 amide bonds. The molecule has 0 radical (unpaired) electrons. The van der Waals surface area contributed by atoms with Gasteiger partial charge >= 0.3 is 0 Å². The third-order valence-corrected chi connectivity index (χ3v) is 4.38. The highest BCUT2D eigenvalue weighted by Gasteiger charge is 2.21. The van der Waals surface area contributed by atoms with E-state index in [1.165, 1.54) is 32.1 Å². The molecule has 0 aromatic heterocycles. The predicted molar refractivity (Wildman–Crippen MR) is 92.0 cm³/mol. The molecule has 1 unspecified atom stereocenters. The molecule has 1 atom stereocenters. The normalized spacial score (nSPS) is 16.7. The number of ether oxygens (including phenoxy) is 2. The third kappa shape index (κ3) is 5.13. The number of carbonyl (C=O) groups excluding carboxylic acids is 1. The number of methoxy groups -OCH3 is 1. The van der Waals surface area contributed by atoms with E-state index in [4.69, 9.17) is 15.2 Å². The van der Waals surface area contributed by atoms with E-state index in [2.05, 4.69) is 5.32 Å². The fourth-order valence-electron chi connectivity index (χ4n) is 3.15. The number of hydrogen-bond donors (Lipinski definition) is 2. The van der Waals surface area contributed by atoms with E-state index in [9.17, 15) is 4.79 Å². The molecule has 1 saturated carbocycles. The van der Waals surface area contributed by atoms with Crippen molar-refractivity contribution in [1.82, 2.24) is 0 Å². The van der Waals surface area contributed by atoms with Crippen LogP contribution in [0, 0.1) is 5.92 Å². The number of amides is 1. The molecule has 23 heavy (non-hydrogen) atoms. The van der Waals surface area contributed by atoms with Crippen LogP contribution in [0.25, 0.3) is 0 Å². The summed E-state index contributed by atoms with van der Waals surface area (Å²) in [5, 5.41) is 2.88. The number of nitrogens with one attached hydrogen (secondary N) is 1. The highest BCUT2D eigenvalue weighted by Crippen LogP contribution is 2.31. The van der Waals surface area contributed by atoms with E-state index < -0.39 is 6.04 Å². The minimum atomic E-state index is -0.462. The van der Waals surface area contributed by atoms with Gasteiger partial charge < -0.3 is 20.5 Å². The summed E-state index contributed by atoms with van der Waals surface area (Å²) in [5.41, 5.74) is 6.76. The molecular formula is C18H28N2O3. The maximum atomic E-state index is 12.3. The second-order valence-electron chi connectivity index (χ2n) is 6.13. The molecule has 0 heterocycles. The van der Waals surface area contributed by atoms with Gasteiger partial charge in [-0.1, -0.05) is 32.1 Å². The Bertz CT molecular complexity index is 513. The van der Waals surface area contributed by atoms with Crippen LogP contribution in [0.15, 0.2) is 18.2 Å². The Morgan fingerprint density at radius 1 is 1.30 bits per heavy atom. The molecule has 0 bridgehead atoms. The Balaban J connectivity index is 1.94. The van der Waals surface area contributed by atoms with Crippen molar-refractivity contribution in [2.75, 3.05) is 19.0 Å². The minimum absolute atomic E-state index is 0.136. The van der Waals surface area contributed by atoms with Crippen LogP contribution >= 0.6 is 0 Å². The first kappa shape index (κ1) is 17.6. The average Bonchev–Trinajstić information content (AvgIpc) is 2.56. The van der Waals surface area contributed by atoms with E-state index in [0.29, 0.717) is 29.7 Å². The van der Waals surface area contributed by atoms with Gasteiger partial charge in [0.05, 0.1) is 19.8 Å². The summed E-state index contributed by atoms with van der Waals surface area (Å²) in [7, 11) is 1.59. The number of benzene rings is 1. The maximum absolute atomic E-state index is 12.3. The lowest BCUT2D eigenvalue weighted by molar-refractivity contribution is -0.117. The molecule has 5 heteroatoms. The molecule has 1 fully saturated rings. The first-order valence-electron chi connectivity index (χ1n) is 8.51. The molecule has 0 spiro atoms. The predicted octanol–water partition coefficient (Wildman–Crippen LogP) is 3.33. The van der Waals surface area contributed by atoms with Gasteiger partial charge in [-0.05, 0) is 31.4 Å². The van der Waals surface area contributed by atoms with Gasteiger partial charge in [-0.25, -0.2) is 0 Å².